The Bertz CT molecular complexity index is 907. The topological polar surface area (TPSA) is 37.8 Å². The number of aryl methyl sites for hydroxylation is 3. The zero-order valence-electron chi connectivity index (χ0n) is 14.1. The van der Waals surface area contributed by atoms with Crippen LogP contribution < -0.4 is 5.32 Å². The van der Waals surface area contributed by atoms with E-state index in [4.69, 9.17) is 0 Å². The molecular weight excluding hydrogens is 353 g/mol. The lowest BCUT2D eigenvalue weighted by atomic mass is 10.2. The molecule has 0 saturated heterocycles. The first-order valence-electron chi connectivity index (χ1n) is 8.56. The summed E-state index contributed by atoms with van der Waals surface area (Å²) in [6.45, 7) is 2.76. The van der Waals surface area contributed by atoms with Gasteiger partial charge in [0.15, 0.2) is 0 Å². The molecule has 3 nitrogen and oxygen atoms in total. The Labute approximate surface area is 155 Å². The quantitative estimate of drug-likeness (QED) is 0.619. The van der Waals surface area contributed by atoms with Crippen LogP contribution in [-0.2, 0) is 18.6 Å². The van der Waals surface area contributed by atoms with Crippen LogP contribution in [0, 0.1) is 12.7 Å². The molecule has 1 aliphatic carbocycles. The number of nitrogens with one attached hydrogen (secondary N) is 1. The normalized spacial score (nSPS) is 13.4. The van der Waals surface area contributed by atoms with Gasteiger partial charge in [0.25, 0.3) is 0 Å². The number of thioether (sulfide) groups is 1. The highest BCUT2D eigenvalue weighted by Gasteiger charge is 2.21. The third-order valence-corrected chi connectivity index (χ3v) is 6.62. The van der Waals surface area contributed by atoms with Gasteiger partial charge in [0, 0.05) is 22.9 Å². The molecule has 1 N–H and O–H groups in total. The Hall–Kier alpha value is -1.66. The Morgan fingerprint density at radius 3 is 3.00 bits per heavy atom. The van der Waals surface area contributed by atoms with Crippen LogP contribution in [0.5, 0.6) is 0 Å². The summed E-state index contributed by atoms with van der Waals surface area (Å²) in [5, 5.41) is 4.71. The van der Waals surface area contributed by atoms with E-state index in [9.17, 15) is 4.39 Å². The third kappa shape index (κ3) is 3.51. The fourth-order valence-corrected chi connectivity index (χ4v) is 5.42. The Kier molecular flexibility index (Phi) is 4.90. The number of thiophene rings is 1. The van der Waals surface area contributed by atoms with E-state index in [1.807, 2.05) is 30.4 Å². The number of benzene rings is 1. The summed E-state index contributed by atoms with van der Waals surface area (Å²) in [6.07, 6.45) is 3.55. The van der Waals surface area contributed by atoms with Gasteiger partial charge in [-0.3, -0.25) is 0 Å². The molecule has 0 atom stereocenters. The van der Waals surface area contributed by atoms with Gasteiger partial charge in [-0.05, 0) is 43.4 Å². The third-order valence-electron chi connectivity index (χ3n) is 4.43. The summed E-state index contributed by atoms with van der Waals surface area (Å²) in [4.78, 5) is 11.8. The molecule has 1 aromatic carbocycles. The molecule has 0 bridgehead atoms. The van der Waals surface area contributed by atoms with Crippen LogP contribution in [0.25, 0.3) is 10.2 Å². The van der Waals surface area contributed by atoms with E-state index in [-0.39, 0.29) is 5.82 Å². The number of anilines is 1. The maximum absolute atomic E-state index is 13.6. The van der Waals surface area contributed by atoms with Crippen LogP contribution in [0.4, 0.5) is 10.2 Å². The predicted octanol–water partition coefficient (Wildman–Crippen LogP) is 4.97. The van der Waals surface area contributed by atoms with Gasteiger partial charge in [-0.25, -0.2) is 14.4 Å². The standard InChI is InChI=1S/C19H20FN3S2/c1-12-22-18(17-14-6-4-8-16(14)25-19(17)23-12)21-9-10-24-11-13-5-2-3-7-15(13)20/h2-3,5,7H,4,6,8-11H2,1H3,(H,21,22,23). The Morgan fingerprint density at radius 2 is 2.12 bits per heavy atom. The minimum absolute atomic E-state index is 0.120. The largest absolute Gasteiger partial charge is 0.369 e. The fourth-order valence-electron chi connectivity index (χ4n) is 3.27. The van der Waals surface area contributed by atoms with Crippen molar-refractivity contribution in [2.75, 3.05) is 17.6 Å². The molecule has 0 saturated carbocycles. The van der Waals surface area contributed by atoms with Crippen molar-refractivity contribution in [1.29, 1.82) is 0 Å². The number of fused-ring (bicyclic) bond motifs is 3. The van der Waals surface area contributed by atoms with E-state index in [0.29, 0.717) is 5.75 Å². The van der Waals surface area contributed by atoms with E-state index in [0.717, 1.165) is 40.8 Å². The van der Waals surface area contributed by atoms with Crippen LogP contribution in [0.1, 0.15) is 28.2 Å². The number of hydrogen-bond acceptors (Lipinski definition) is 5. The molecule has 4 rings (SSSR count). The highest BCUT2D eigenvalue weighted by atomic mass is 32.2. The molecule has 1 aliphatic rings. The maximum atomic E-state index is 13.6. The molecule has 0 radical (unpaired) electrons. The zero-order chi connectivity index (χ0) is 17.2. The van der Waals surface area contributed by atoms with Gasteiger partial charge in [-0.1, -0.05) is 18.2 Å². The van der Waals surface area contributed by atoms with E-state index in [1.54, 1.807) is 17.8 Å². The summed E-state index contributed by atoms with van der Waals surface area (Å²) in [7, 11) is 0. The molecule has 130 valence electrons. The van der Waals surface area contributed by atoms with E-state index >= 15 is 0 Å². The lowest BCUT2D eigenvalue weighted by Crippen LogP contribution is -2.08. The Balaban J connectivity index is 1.40. The van der Waals surface area contributed by atoms with Gasteiger partial charge < -0.3 is 5.32 Å². The van der Waals surface area contributed by atoms with E-state index in [2.05, 4.69) is 15.3 Å². The zero-order valence-corrected chi connectivity index (χ0v) is 15.8. The summed E-state index contributed by atoms with van der Waals surface area (Å²) >= 11 is 3.55. The molecule has 0 spiro atoms. The van der Waals surface area contributed by atoms with Crippen molar-refractivity contribution in [2.24, 2.45) is 0 Å². The van der Waals surface area contributed by atoms with Crippen molar-refractivity contribution < 1.29 is 4.39 Å². The summed E-state index contributed by atoms with van der Waals surface area (Å²) in [6, 6.07) is 6.98. The molecule has 25 heavy (non-hydrogen) atoms. The number of hydrogen-bond donors (Lipinski definition) is 1. The number of rotatable bonds is 6. The maximum Gasteiger partial charge on any atom is 0.138 e. The van der Waals surface area contributed by atoms with E-state index < -0.39 is 0 Å². The van der Waals surface area contributed by atoms with Gasteiger partial charge in [-0.2, -0.15) is 11.8 Å². The van der Waals surface area contributed by atoms with Crippen molar-refractivity contribution in [3.8, 4) is 0 Å². The molecular formula is C19H20FN3S2. The molecule has 2 aromatic heterocycles. The van der Waals surface area contributed by atoms with Gasteiger partial charge in [-0.15, -0.1) is 11.3 Å². The summed E-state index contributed by atoms with van der Waals surface area (Å²) in [5.41, 5.74) is 2.21. The average Bonchev–Trinajstić information content (AvgIpc) is 3.16. The molecule has 6 heteroatoms. The van der Waals surface area contributed by atoms with Crippen LogP contribution >= 0.6 is 23.1 Å². The monoisotopic (exact) mass is 373 g/mol. The molecule has 0 fully saturated rings. The minimum Gasteiger partial charge on any atom is -0.369 e. The fraction of sp³-hybridized carbons (Fsp3) is 0.368. The number of nitrogens with zero attached hydrogens (tertiary/aromatic N) is 2. The molecule has 0 amide bonds. The Morgan fingerprint density at radius 1 is 1.24 bits per heavy atom. The molecule has 0 aliphatic heterocycles. The average molecular weight is 374 g/mol. The van der Waals surface area contributed by atoms with Crippen molar-refractivity contribution in [3.63, 3.8) is 0 Å². The molecule has 3 aromatic rings. The van der Waals surface area contributed by atoms with Crippen molar-refractivity contribution in [1.82, 2.24) is 9.97 Å². The second kappa shape index (κ2) is 7.30. The molecule has 0 unspecified atom stereocenters. The van der Waals surface area contributed by atoms with Crippen molar-refractivity contribution in [3.05, 3.63) is 51.9 Å². The van der Waals surface area contributed by atoms with Gasteiger partial charge in [0.05, 0.1) is 5.39 Å². The molecule has 2 heterocycles. The second-order valence-corrected chi connectivity index (χ2v) is 8.42. The summed E-state index contributed by atoms with van der Waals surface area (Å²) < 4.78 is 13.6. The van der Waals surface area contributed by atoms with Crippen molar-refractivity contribution >= 4 is 39.1 Å². The lowest BCUT2D eigenvalue weighted by molar-refractivity contribution is 0.617. The second-order valence-electron chi connectivity index (χ2n) is 6.23. The lowest BCUT2D eigenvalue weighted by Gasteiger charge is -2.09. The van der Waals surface area contributed by atoms with Crippen LogP contribution in [0.15, 0.2) is 24.3 Å². The SMILES string of the molecule is Cc1nc(NCCSCc2ccccc2F)c2c3c(sc2n1)CCC3. The number of halogens is 1. The van der Waals surface area contributed by atoms with Crippen LogP contribution in [0.3, 0.4) is 0 Å². The highest BCUT2D eigenvalue weighted by Crippen LogP contribution is 2.39. The van der Waals surface area contributed by atoms with Crippen LogP contribution in [0.2, 0.25) is 0 Å². The van der Waals surface area contributed by atoms with E-state index in [1.165, 1.54) is 34.7 Å². The summed E-state index contributed by atoms with van der Waals surface area (Å²) in [5.74, 6) is 3.26. The first-order chi connectivity index (χ1) is 12.2. The van der Waals surface area contributed by atoms with Crippen LogP contribution in [-0.4, -0.2) is 22.3 Å². The van der Waals surface area contributed by atoms with Gasteiger partial charge in [0.2, 0.25) is 0 Å². The van der Waals surface area contributed by atoms with Gasteiger partial charge >= 0.3 is 0 Å². The smallest absolute Gasteiger partial charge is 0.138 e. The van der Waals surface area contributed by atoms with Gasteiger partial charge in [0.1, 0.15) is 22.3 Å². The highest BCUT2D eigenvalue weighted by molar-refractivity contribution is 7.98. The minimum atomic E-state index is -0.120. The predicted molar refractivity (Wildman–Crippen MR) is 105 cm³/mol. The first-order valence-corrected chi connectivity index (χ1v) is 10.5. The van der Waals surface area contributed by atoms with Crippen molar-refractivity contribution in [2.45, 2.75) is 31.9 Å². The number of aromatic nitrogens is 2. The first kappa shape index (κ1) is 16.8.